The van der Waals surface area contributed by atoms with Crippen LogP contribution in [0.1, 0.15) is 5.56 Å². The quantitative estimate of drug-likeness (QED) is 0.733. The van der Waals surface area contributed by atoms with Gasteiger partial charge in [-0.15, -0.1) is 10.2 Å². The molecule has 0 aliphatic rings. The van der Waals surface area contributed by atoms with Gasteiger partial charge in [-0.25, -0.2) is 0 Å². The molecule has 3 aromatic rings. The number of hydrogen-bond acceptors (Lipinski definition) is 4. The van der Waals surface area contributed by atoms with Crippen molar-refractivity contribution in [3.05, 3.63) is 59.1 Å². The van der Waals surface area contributed by atoms with E-state index in [0.29, 0.717) is 28.8 Å². The normalized spacial score (nSPS) is 10.6. The Balaban J connectivity index is 1.90. The number of benzene rings is 2. The summed E-state index contributed by atoms with van der Waals surface area (Å²) in [5.41, 5.74) is 1.74. The Bertz CT molecular complexity index is 763. The molecule has 4 nitrogen and oxygen atoms in total. The second-order valence-corrected chi connectivity index (χ2v) is 4.85. The van der Waals surface area contributed by atoms with Crippen molar-refractivity contribution < 1.29 is 9.47 Å². The van der Waals surface area contributed by atoms with Crippen molar-refractivity contribution in [3.63, 3.8) is 0 Å². The van der Waals surface area contributed by atoms with Crippen LogP contribution in [0.2, 0.25) is 5.02 Å². The van der Waals surface area contributed by atoms with Crippen LogP contribution in [-0.2, 0) is 6.61 Å². The van der Waals surface area contributed by atoms with Gasteiger partial charge < -0.3 is 9.47 Å². The number of rotatable bonds is 4. The van der Waals surface area contributed by atoms with E-state index in [4.69, 9.17) is 21.1 Å². The smallest absolute Gasteiger partial charge is 0.253 e. The second kappa shape index (κ2) is 5.97. The number of halogens is 1. The van der Waals surface area contributed by atoms with Gasteiger partial charge in [0.2, 0.25) is 0 Å². The van der Waals surface area contributed by atoms with Crippen LogP contribution < -0.4 is 9.47 Å². The van der Waals surface area contributed by atoms with E-state index < -0.39 is 0 Å². The largest absolute Gasteiger partial charge is 0.497 e. The summed E-state index contributed by atoms with van der Waals surface area (Å²) in [6.07, 6.45) is 0. The molecule has 0 amide bonds. The molecule has 0 spiro atoms. The molecule has 0 unspecified atom stereocenters. The van der Waals surface area contributed by atoms with Gasteiger partial charge in [0.25, 0.3) is 5.88 Å². The highest BCUT2D eigenvalue weighted by Crippen LogP contribution is 2.31. The molecule has 0 aliphatic carbocycles. The highest BCUT2D eigenvalue weighted by Gasteiger charge is 2.11. The van der Waals surface area contributed by atoms with Crippen LogP contribution in [0.25, 0.3) is 10.9 Å². The van der Waals surface area contributed by atoms with Crippen molar-refractivity contribution in [2.45, 2.75) is 6.61 Å². The topological polar surface area (TPSA) is 44.2 Å². The van der Waals surface area contributed by atoms with E-state index in [0.717, 1.165) is 10.9 Å². The van der Waals surface area contributed by atoms with Gasteiger partial charge in [0, 0.05) is 5.39 Å². The Kier molecular flexibility index (Phi) is 3.88. The zero-order chi connectivity index (χ0) is 14.7. The molecule has 0 bridgehead atoms. The molecule has 0 saturated heterocycles. The maximum Gasteiger partial charge on any atom is 0.253 e. The first-order chi connectivity index (χ1) is 10.3. The Morgan fingerprint density at radius 1 is 1.05 bits per heavy atom. The minimum Gasteiger partial charge on any atom is -0.497 e. The summed E-state index contributed by atoms with van der Waals surface area (Å²) in [5, 5.41) is 9.34. The monoisotopic (exact) mass is 300 g/mol. The second-order valence-electron chi connectivity index (χ2n) is 4.48. The minimum absolute atomic E-state index is 0.321. The van der Waals surface area contributed by atoms with Crippen molar-refractivity contribution >= 4 is 22.5 Å². The molecule has 0 atom stereocenters. The molecule has 2 aromatic carbocycles. The predicted octanol–water partition coefficient (Wildman–Crippen LogP) is 3.87. The maximum atomic E-state index is 6.35. The molecular formula is C16H13ClN2O2. The van der Waals surface area contributed by atoms with Crippen LogP contribution in [0.15, 0.2) is 48.5 Å². The Labute approximate surface area is 127 Å². The summed E-state index contributed by atoms with van der Waals surface area (Å²) in [5.74, 6) is 1.03. The molecule has 0 radical (unpaired) electrons. The molecule has 0 saturated carbocycles. The molecule has 1 heterocycles. The third-order valence-corrected chi connectivity index (χ3v) is 3.46. The van der Waals surface area contributed by atoms with Crippen molar-refractivity contribution in [2.24, 2.45) is 0 Å². The number of fused-ring (bicyclic) bond motifs is 1. The third-order valence-electron chi connectivity index (χ3n) is 3.09. The lowest BCUT2D eigenvalue weighted by Gasteiger charge is -2.09. The van der Waals surface area contributed by atoms with E-state index in [1.54, 1.807) is 7.11 Å². The van der Waals surface area contributed by atoms with E-state index in [9.17, 15) is 0 Å². The van der Waals surface area contributed by atoms with Crippen molar-refractivity contribution in [1.82, 2.24) is 10.2 Å². The summed E-state index contributed by atoms with van der Waals surface area (Å²) in [4.78, 5) is 0. The third kappa shape index (κ3) is 2.90. The first-order valence-electron chi connectivity index (χ1n) is 6.44. The van der Waals surface area contributed by atoms with Gasteiger partial charge in [0.1, 0.15) is 17.4 Å². The van der Waals surface area contributed by atoms with Crippen LogP contribution in [0, 0.1) is 0 Å². The van der Waals surface area contributed by atoms with Gasteiger partial charge in [0.05, 0.1) is 12.6 Å². The Morgan fingerprint density at radius 3 is 2.62 bits per heavy atom. The van der Waals surface area contributed by atoms with Crippen LogP contribution in [-0.4, -0.2) is 17.3 Å². The summed E-state index contributed by atoms with van der Waals surface area (Å²) in [6, 6.07) is 15.3. The standard InChI is InChI=1S/C16H13ClN2O2/c1-20-12-7-8-14-13(9-12)15(17)16(19-18-14)21-10-11-5-3-2-4-6-11/h2-9H,10H2,1H3. The Morgan fingerprint density at radius 2 is 1.86 bits per heavy atom. The number of methoxy groups -OCH3 is 1. The molecule has 5 heteroatoms. The van der Waals surface area contributed by atoms with Gasteiger partial charge >= 0.3 is 0 Å². The summed E-state index contributed by atoms with van der Waals surface area (Å²) in [7, 11) is 1.61. The average Bonchev–Trinajstić information content (AvgIpc) is 2.55. The van der Waals surface area contributed by atoms with Gasteiger partial charge in [-0.1, -0.05) is 41.9 Å². The van der Waals surface area contributed by atoms with Gasteiger partial charge in [-0.3, -0.25) is 0 Å². The average molecular weight is 301 g/mol. The summed E-state index contributed by atoms with van der Waals surface area (Å²) >= 11 is 6.35. The van der Waals surface area contributed by atoms with Crippen LogP contribution in [0.5, 0.6) is 11.6 Å². The van der Waals surface area contributed by atoms with Gasteiger partial charge in [-0.2, -0.15) is 0 Å². The highest BCUT2D eigenvalue weighted by molar-refractivity contribution is 6.36. The lowest BCUT2D eigenvalue weighted by atomic mass is 10.2. The van der Waals surface area contributed by atoms with E-state index in [-0.39, 0.29) is 0 Å². The summed E-state index contributed by atoms with van der Waals surface area (Å²) < 4.78 is 10.9. The molecule has 106 valence electrons. The van der Waals surface area contributed by atoms with E-state index in [1.165, 1.54) is 0 Å². The first kappa shape index (κ1) is 13.6. The molecule has 3 rings (SSSR count). The SMILES string of the molecule is COc1ccc2nnc(OCc3ccccc3)c(Cl)c2c1. The summed E-state index contributed by atoms with van der Waals surface area (Å²) in [6.45, 7) is 0.394. The molecular weight excluding hydrogens is 288 g/mol. The number of ether oxygens (including phenoxy) is 2. The molecule has 0 fully saturated rings. The minimum atomic E-state index is 0.321. The lowest BCUT2D eigenvalue weighted by Crippen LogP contribution is -1.99. The maximum absolute atomic E-state index is 6.35. The van der Waals surface area contributed by atoms with Crippen molar-refractivity contribution in [1.29, 1.82) is 0 Å². The fourth-order valence-electron chi connectivity index (χ4n) is 1.98. The van der Waals surface area contributed by atoms with Gasteiger partial charge in [-0.05, 0) is 23.8 Å². The zero-order valence-electron chi connectivity index (χ0n) is 11.4. The predicted molar refractivity (Wildman–Crippen MR) is 81.9 cm³/mol. The molecule has 0 aliphatic heterocycles. The molecule has 1 aromatic heterocycles. The van der Waals surface area contributed by atoms with Crippen molar-refractivity contribution in [3.8, 4) is 11.6 Å². The Hall–Kier alpha value is -2.33. The van der Waals surface area contributed by atoms with E-state index >= 15 is 0 Å². The highest BCUT2D eigenvalue weighted by atomic mass is 35.5. The number of nitrogens with zero attached hydrogens (tertiary/aromatic N) is 2. The molecule has 21 heavy (non-hydrogen) atoms. The molecule has 0 N–H and O–H groups in total. The zero-order valence-corrected chi connectivity index (χ0v) is 12.2. The fraction of sp³-hybridized carbons (Fsp3) is 0.125. The van der Waals surface area contributed by atoms with E-state index in [2.05, 4.69) is 10.2 Å². The fourth-order valence-corrected chi connectivity index (χ4v) is 2.23. The van der Waals surface area contributed by atoms with E-state index in [1.807, 2.05) is 48.5 Å². The van der Waals surface area contributed by atoms with Crippen LogP contribution in [0.3, 0.4) is 0 Å². The lowest BCUT2D eigenvalue weighted by molar-refractivity contribution is 0.291. The number of aromatic nitrogens is 2. The van der Waals surface area contributed by atoms with Crippen molar-refractivity contribution in [2.75, 3.05) is 7.11 Å². The van der Waals surface area contributed by atoms with Crippen LogP contribution in [0.4, 0.5) is 0 Å². The first-order valence-corrected chi connectivity index (χ1v) is 6.82. The van der Waals surface area contributed by atoms with Crippen LogP contribution >= 0.6 is 11.6 Å². The van der Waals surface area contributed by atoms with Gasteiger partial charge in [0.15, 0.2) is 0 Å². The number of hydrogen-bond donors (Lipinski definition) is 0.